The number of amides is 2. The molecule has 0 aliphatic carbocycles. The molecule has 1 aliphatic rings. The van der Waals surface area contributed by atoms with Gasteiger partial charge in [-0.1, -0.05) is 5.16 Å². The molecule has 6 heteroatoms. The van der Waals surface area contributed by atoms with Crippen LogP contribution >= 0.6 is 0 Å². The van der Waals surface area contributed by atoms with Gasteiger partial charge in [0.2, 0.25) is 0 Å². The summed E-state index contributed by atoms with van der Waals surface area (Å²) < 4.78 is 4.80. The first-order chi connectivity index (χ1) is 6.11. The van der Waals surface area contributed by atoms with E-state index in [2.05, 4.69) is 5.16 Å². The highest BCUT2D eigenvalue weighted by Crippen LogP contribution is 2.20. The molecule has 68 valence electrons. The summed E-state index contributed by atoms with van der Waals surface area (Å²) in [4.78, 5) is 22.5. The number of aromatic nitrogens is 1. The number of nitrogens with zero attached hydrogens (tertiary/aromatic N) is 2. The lowest BCUT2D eigenvalue weighted by Gasteiger charge is -2.18. The molecule has 2 amide bonds. The van der Waals surface area contributed by atoms with Gasteiger partial charge in [-0.2, -0.15) is 0 Å². The molecule has 0 bridgehead atoms. The topological polar surface area (TPSA) is 89.4 Å². The van der Waals surface area contributed by atoms with Crippen LogP contribution in [-0.4, -0.2) is 22.0 Å². The van der Waals surface area contributed by atoms with Crippen molar-refractivity contribution in [3.63, 3.8) is 0 Å². The van der Waals surface area contributed by atoms with Crippen molar-refractivity contribution in [2.24, 2.45) is 5.84 Å². The van der Waals surface area contributed by atoms with Crippen LogP contribution in [0.5, 0.6) is 0 Å². The first kappa shape index (κ1) is 7.93. The van der Waals surface area contributed by atoms with E-state index < -0.39 is 11.8 Å². The maximum atomic E-state index is 11.4. The van der Waals surface area contributed by atoms with Crippen molar-refractivity contribution in [3.8, 4) is 0 Å². The fourth-order valence-electron chi connectivity index (χ4n) is 1.27. The van der Waals surface area contributed by atoms with E-state index in [1.165, 1.54) is 0 Å². The maximum absolute atomic E-state index is 11.4. The average Bonchev–Trinajstić information content (AvgIpc) is 2.43. The van der Waals surface area contributed by atoms with Crippen LogP contribution in [0, 0.1) is 6.92 Å². The summed E-state index contributed by atoms with van der Waals surface area (Å²) in [6.07, 6.45) is -0.00157. The lowest BCUT2D eigenvalue weighted by molar-refractivity contribution is -0.128. The monoisotopic (exact) mass is 181 g/mol. The average molecular weight is 181 g/mol. The predicted octanol–water partition coefficient (Wildman–Crippen LogP) is -0.618. The van der Waals surface area contributed by atoms with E-state index in [-0.39, 0.29) is 6.42 Å². The van der Waals surface area contributed by atoms with Crippen LogP contribution in [0.15, 0.2) is 4.52 Å². The van der Waals surface area contributed by atoms with Crippen LogP contribution in [0.3, 0.4) is 0 Å². The van der Waals surface area contributed by atoms with E-state index in [0.29, 0.717) is 22.0 Å². The Morgan fingerprint density at radius 2 is 2.23 bits per heavy atom. The molecular weight excluding hydrogens is 174 g/mol. The molecule has 0 saturated heterocycles. The number of rotatable bonds is 0. The molecule has 0 fully saturated rings. The Kier molecular flexibility index (Phi) is 1.46. The van der Waals surface area contributed by atoms with Gasteiger partial charge in [0, 0.05) is 0 Å². The summed E-state index contributed by atoms with van der Waals surface area (Å²) in [7, 11) is 0. The standard InChI is InChI=1S/C7H7N3O3/c1-3-6-4(13-9-3)2-5(11)10(8)7(6)12/h2,8H2,1H3. The molecule has 1 aliphatic heterocycles. The third-order valence-corrected chi connectivity index (χ3v) is 1.95. The number of nitrogens with two attached hydrogens (primary N) is 1. The molecule has 6 nitrogen and oxygen atoms in total. The van der Waals surface area contributed by atoms with Crippen molar-refractivity contribution in [1.29, 1.82) is 0 Å². The smallest absolute Gasteiger partial charge is 0.280 e. The fourth-order valence-corrected chi connectivity index (χ4v) is 1.27. The lowest BCUT2D eigenvalue weighted by atomic mass is 10.1. The molecule has 0 radical (unpaired) electrons. The minimum absolute atomic E-state index is 0.00157. The number of carbonyl (C=O) groups is 2. The maximum Gasteiger partial charge on any atom is 0.280 e. The highest BCUT2D eigenvalue weighted by atomic mass is 16.5. The Morgan fingerprint density at radius 1 is 1.54 bits per heavy atom. The zero-order chi connectivity index (χ0) is 9.59. The molecule has 2 N–H and O–H groups in total. The summed E-state index contributed by atoms with van der Waals surface area (Å²) in [6.45, 7) is 1.63. The van der Waals surface area contributed by atoms with Crippen LogP contribution in [0.2, 0.25) is 0 Å². The van der Waals surface area contributed by atoms with E-state index in [0.717, 1.165) is 0 Å². The zero-order valence-electron chi connectivity index (χ0n) is 6.90. The summed E-state index contributed by atoms with van der Waals surface area (Å²) in [6, 6.07) is 0. The van der Waals surface area contributed by atoms with Crippen molar-refractivity contribution in [3.05, 3.63) is 17.0 Å². The number of hydrogen-bond acceptors (Lipinski definition) is 5. The first-order valence-electron chi connectivity index (χ1n) is 3.68. The Balaban J connectivity index is 2.58. The van der Waals surface area contributed by atoms with Gasteiger partial charge in [0.1, 0.15) is 5.56 Å². The van der Waals surface area contributed by atoms with Crippen LogP contribution in [0.25, 0.3) is 0 Å². The molecule has 13 heavy (non-hydrogen) atoms. The second kappa shape index (κ2) is 2.40. The van der Waals surface area contributed by atoms with Crippen molar-refractivity contribution in [2.45, 2.75) is 13.3 Å². The van der Waals surface area contributed by atoms with Gasteiger partial charge in [0.05, 0.1) is 12.1 Å². The Labute approximate surface area is 73.2 Å². The molecule has 0 unspecified atom stereocenters. The normalized spacial score (nSPS) is 16.3. The van der Waals surface area contributed by atoms with E-state index in [1.54, 1.807) is 6.92 Å². The van der Waals surface area contributed by atoms with E-state index in [4.69, 9.17) is 10.4 Å². The largest absolute Gasteiger partial charge is 0.360 e. The summed E-state index contributed by atoms with van der Waals surface area (Å²) in [5, 5.41) is 4.18. The highest BCUT2D eigenvalue weighted by molar-refractivity contribution is 6.09. The van der Waals surface area contributed by atoms with Crippen LogP contribution in [-0.2, 0) is 11.2 Å². The minimum atomic E-state index is -0.551. The van der Waals surface area contributed by atoms with Gasteiger partial charge in [-0.15, -0.1) is 0 Å². The van der Waals surface area contributed by atoms with Crippen molar-refractivity contribution < 1.29 is 14.1 Å². The van der Waals surface area contributed by atoms with Crippen LogP contribution in [0.1, 0.15) is 21.8 Å². The Hall–Kier alpha value is -1.69. The number of hydrogen-bond donors (Lipinski definition) is 1. The molecule has 2 rings (SSSR count). The van der Waals surface area contributed by atoms with E-state index in [1.807, 2.05) is 0 Å². The Morgan fingerprint density at radius 3 is 2.92 bits per heavy atom. The Bertz CT molecular complexity index is 396. The predicted molar refractivity (Wildman–Crippen MR) is 40.3 cm³/mol. The summed E-state index contributed by atoms with van der Waals surface area (Å²) >= 11 is 0. The van der Waals surface area contributed by atoms with E-state index in [9.17, 15) is 9.59 Å². The number of fused-ring (bicyclic) bond motifs is 1. The zero-order valence-corrected chi connectivity index (χ0v) is 6.90. The van der Waals surface area contributed by atoms with E-state index >= 15 is 0 Å². The molecule has 0 saturated carbocycles. The van der Waals surface area contributed by atoms with Gasteiger partial charge in [0.25, 0.3) is 11.8 Å². The second-order valence-electron chi connectivity index (χ2n) is 2.81. The van der Waals surface area contributed by atoms with Crippen LogP contribution in [0.4, 0.5) is 0 Å². The van der Waals surface area contributed by atoms with Gasteiger partial charge in [-0.3, -0.25) is 9.59 Å². The van der Waals surface area contributed by atoms with Crippen molar-refractivity contribution in [2.75, 3.05) is 0 Å². The number of carbonyl (C=O) groups excluding carboxylic acids is 2. The molecular formula is C7H7N3O3. The third kappa shape index (κ3) is 0.955. The lowest BCUT2D eigenvalue weighted by Crippen LogP contribution is -2.46. The number of hydrazine groups is 1. The van der Waals surface area contributed by atoms with Gasteiger partial charge in [-0.05, 0) is 6.92 Å². The third-order valence-electron chi connectivity index (χ3n) is 1.95. The first-order valence-corrected chi connectivity index (χ1v) is 3.68. The summed E-state index contributed by atoms with van der Waals surface area (Å²) in [5.74, 6) is 4.50. The quantitative estimate of drug-likeness (QED) is 0.327. The SMILES string of the molecule is Cc1noc2c1C(=O)N(N)C(=O)C2. The van der Waals surface area contributed by atoms with Crippen molar-refractivity contribution in [1.82, 2.24) is 10.2 Å². The second-order valence-corrected chi connectivity index (χ2v) is 2.81. The molecule has 1 aromatic rings. The summed E-state index contributed by atoms with van der Waals surface area (Å²) in [5.41, 5.74) is 0.769. The van der Waals surface area contributed by atoms with Gasteiger partial charge >= 0.3 is 0 Å². The fraction of sp³-hybridized carbons (Fsp3) is 0.286. The van der Waals surface area contributed by atoms with Gasteiger partial charge < -0.3 is 4.52 Å². The number of imide groups is 1. The number of aryl methyl sites for hydroxylation is 1. The van der Waals surface area contributed by atoms with Gasteiger partial charge in [-0.25, -0.2) is 10.9 Å². The molecule has 1 aromatic heterocycles. The molecule has 0 aromatic carbocycles. The molecule has 0 spiro atoms. The van der Waals surface area contributed by atoms with Crippen molar-refractivity contribution >= 4 is 11.8 Å². The van der Waals surface area contributed by atoms with Gasteiger partial charge in [0.15, 0.2) is 5.76 Å². The van der Waals surface area contributed by atoms with Crippen LogP contribution < -0.4 is 5.84 Å². The molecule has 0 atom stereocenters. The molecule has 2 heterocycles. The minimum Gasteiger partial charge on any atom is -0.360 e. The highest BCUT2D eigenvalue weighted by Gasteiger charge is 2.34.